The number of rotatable bonds is 3. The molecule has 2 rings (SSSR count). The molecule has 0 atom stereocenters. The van der Waals surface area contributed by atoms with Crippen LogP contribution in [-0.2, 0) is 4.74 Å². The van der Waals surface area contributed by atoms with E-state index in [0.717, 1.165) is 6.07 Å². The third-order valence-electron chi connectivity index (χ3n) is 2.65. The summed E-state index contributed by atoms with van der Waals surface area (Å²) in [5.74, 6) is -1.09. The highest BCUT2D eigenvalue weighted by Crippen LogP contribution is 2.30. The van der Waals surface area contributed by atoms with Crippen LogP contribution in [0, 0.1) is 5.82 Å². The van der Waals surface area contributed by atoms with Crippen molar-refractivity contribution in [2.75, 3.05) is 6.61 Å². The van der Waals surface area contributed by atoms with E-state index in [0.29, 0.717) is 21.2 Å². The predicted octanol–water partition coefficient (Wildman–Crippen LogP) is 4.98. The fourth-order valence-electron chi connectivity index (χ4n) is 1.86. The molecule has 2 nitrogen and oxygen atoms in total. The summed E-state index contributed by atoms with van der Waals surface area (Å²) in [5, 5.41) is 0.873. The van der Waals surface area contributed by atoms with Crippen LogP contribution in [0.3, 0.4) is 0 Å². The van der Waals surface area contributed by atoms with Gasteiger partial charge in [0.05, 0.1) is 12.2 Å². The second-order valence-corrected chi connectivity index (χ2v) is 4.94. The number of hydrogen-bond donors (Lipinski definition) is 0. The zero-order valence-corrected chi connectivity index (χ0v) is 12.1. The standard InChI is InChI=1S/C15H11Cl2FO2/c1-2-20-15(19)14-8-12(18)3-4-13(14)9-5-10(16)7-11(17)6-9/h3-8H,2H2,1H3. The van der Waals surface area contributed by atoms with Crippen molar-refractivity contribution < 1.29 is 13.9 Å². The minimum absolute atomic E-state index is 0.144. The fourth-order valence-corrected chi connectivity index (χ4v) is 2.38. The predicted molar refractivity (Wildman–Crippen MR) is 77.8 cm³/mol. The number of benzene rings is 2. The summed E-state index contributed by atoms with van der Waals surface area (Å²) in [4.78, 5) is 11.9. The Labute approximate surface area is 126 Å². The van der Waals surface area contributed by atoms with Crippen LogP contribution >= 0.6 is 23.2 Å². The van der Waals surface area contributed by atoms with E-state index in [1.54, 1.807) is 25.1 Å². The molecule has 0 aliphatic heterocycles. The van der Waals surface area contributed by atoms with Crippen LogP contribution in [0.15, 0.2) is 36.4 Å². The molecule has 104 valence electrons. The van der Waals surface area contributed by atoms with Gasteiger partial charge in [-0.25, -0.2) is 9.18 Å². The smallest absolute Gasteiger partial charge is 0.338 e. The molecule has 0 saturated heterocycles. The van der Waals surface area contributed by atoms with Crippen molar-refractivity contribution in [1.82, 2.24) is 0 Å². The normalized spacial score (nSPS) is 10.4. The Bertz CT molecular complexity index is 636. The lowest BCUT2D eigenvalue weighted by atomic mass is 9.99. The van der Waals surface area contributed by atoms with Crippen LogP contribution < -0.4 is 0 Å². The Balaban J connectivity index is 2.58. The van der Waals surface area contributed by atoms with Crippen molar-refractivity contribution in [3.63, 3.8) is 0 Å². The lowest BCUT2D eigenvalue weighted by Gasteiger charge is -2.10. The van der Waals surface area contributed by atoms with Gasteiger partial charge < -0.3 is 4.74 Å². The van der Waals surface area contributed by atoms with Crippen LogP contribution in [0.1, 0.15) is 17.3 Å². The minimum atomic E-state index is -0.585. The fraction of sp³-hybridized carbons (Fsp3) is 0.133. The van der Waals surface area contributed by atoms with Crippen LogP contribution in [0.2, 0.25) is 10.0 Å². The second-order valence-electron chi connectivity index (χ2n) is 4.07. The molecule has 0 radical (unpaired) electrons. The van der Waals surface area contributed by atoms with E-state index in [9.17, 15) is 9.18 Å². The van der Waals surface area contributed by atoms with Crippen LogP contribution in [0.4, 0.5) is 4.39 Å². The van der Waals surface area contributed by atoms with Crippen LogP contribution in [0.25, 0.3) is 11.1 Å². The van der Waals surface area contributed by atoms with Crippen LogP contribution in [-0.4, -0.2) is 12.6 Å². The molecular weight excluding hydrogens is 302 g/mol. The van der Waals surface area contributed by atoms with Crippen LogP contribution in [0.5, 0.6) is 0 Å². The van der Waals surface area contributed by atoms with Gasteiger partial charge in [-0.1, -0.05) is 29.3 Å². The Morgan fingerprint density at radius 2 is 1.80 bits per heavy atom. The number of carbonyl (C=O) groups excluding carboxylic acids is 1. The summed E-state index contributed by atoms with van der Waals surface area (Å²) in [7, 11) is 0. The molecule has 0 spiro atoms. The molecule has 0 saturated carbocycles. The minimum Gasteiger partial charge on any atom is -0.462 e. The average molecular weight is 313 g/mol. The first-order valence-corrected chi connectivity index (χ1v) is 6.70. The molecule has 0 unspecified atom stereocenters. The van der Waals surface area contributed by atoms with E-state index in [4.69, 9.17) is 27.9 Å². The number of ether oxygens (including phenoxy) is 1. The number of hydrogen-bond acceptors (Lipinski definition) is 2. The number of carbonyl (C=O) groups is 1. The summed E-state index contributed by atoms with van der Waals surface area (Å²) in [6, 6.07) is 8.81. The van der Waals surface area contributed by atoms with Crippen molar-refractivity contribution in [1.29, 1.82) is 0 Å². The summed E-state index contributed by atoms with van der Waals surface area (Å²) in [5.41, 5.74) is 1.30. The van der Waals surface area contributed by atoms with Gasteiger partial charge >= 0.3 is 5.97 Å². The van der Waals surface area contributed by atoms with E-state index in [1.165, 1.54) is 12.1 Å². The second kappa shape index (κ2) is 6.25. The number of esters is 1. The number of halogens is 3. The van der Waals surface area contributed by atoms with Gasteiger partial charge in [0.15, 0.2) is 0 Å². The largest absolute Gasteiger partial charge is 0.462 e. The quantitative estimate of drug-likeness (QED) is 0.747. The van der Waals surface area contributed by atoms with Crippen molar-refractivity contribution in [3.05, 3.63) is 57.8 Å². The summed E-state index contributed by atoms with van der Waals surface area (Å²) < 4.78 is 18.3. The van der Waals surface area contributed by atoms with Crippen molar-refractivity contribution in [2.45, 2.75) is 6.92 Å². The lowest BCUT2D eigenvalue weighted by molar-refractivity contribution is 0.0526. The SMILES string of the molecule is CCOC(=O)c1cc(F)ccc1-c1cc(Cl)cc(Cl)c1. The van der Waals surface area contributed by atoms with Gasteiger partial charge in [-0.2, -0.15) is 0 Å². The molecule has 0 amide bonds. The maximum absolute atomic E-state index is 13.4. The zero-order valence-electron chi connectivity index (χ0n) is 10.6. The molecule has 0 bridgehead atoms. The van der Waals surface area contributed by atoms with Crippen molar-refractivity contribution in [3.8, 4) is 11.1 Å². The zero-order chi connectivity index (χ0) is 14.7. The van der Waals surface area contributed by atoms with E-state index in [2.05, 4.69) is 0 Å². The maximum atomic E-state index is 13.4. The highest BCUT2D eigenvalue weighted by molar-refractivity contribution is 6.35. The highest BCUT2D eigenvalue weighted by atomic mass is 35.5. The molecule has 0 fully saturated rings. The molecule has 0 heterocycles. The molecule has 0 N–H and O–H groups in total. The first-order chi connectivity index (χ1) is 9.51. The Hall–Kier alpha value is -1.58. The van der Waals surface area contributed by atoms with Gasteiger partial charge in [0.2, 0.25) is 0 Å². The maximum Gasteiger partial charge on any atom is 0.338 e. The third kappa shape index (κ3) is 3.30. The lowest BCUT2D eigenvalue weighted by Crippen LogP contribution is -2.07. The van der Waals surface area contributed by atoms with E-state index >= 15 is 0 Å². The van der Waals surface area contributed by atoms with Crippen molar-refractivity contribution >= 4 is 29.2 Å². The molecule has 5 heteroatoms. The monoisotopic (exact) mass is 312 g/mol. The highest BCUT2D eigenvalue weighted by Gasteiger charge is 2.15. The van der Waals surface area contributed by atoms with Crippen molar-refractivity contribution in [2.24, 2.45) is 0 Å². The molecule has 0 aromatic heterocycles. The topological polar surface area (TPSA) is 26.3 Å². The first kappa shape index (κ1) is 14.8. The van der Waals surface area contributed by atoms with E-state index in [-0.39, 0.29) is 12.2 Å². The molecule has 2 aromatic carbocycles. The molecule has 20 heavy (non-hydrogen) atoms. The average Bonchev–Trinajstić information content (AvgIpc) is 2.37. The molecule has 0 aliphatic rings. The van der Waals surface area contributed by atoms with Gasteiger partial charge in [0.1, 0.15) is 5.82 Å². The summed E-state index contributed by atoms with van der Waals surface area (Å²) in [6.07, 6.45) is 0. The van der Waals surface area contributed by atoms with E-state index in [1.807, 2.05) is 0 Å². The molecular formula is C15H11Cl2FO2. The Kier molecular flexibility index (Phi) is 4.63. The summed E-state index contributed by atoms with van der Waals surface area (Å²) >= 11 is 11.9. The van der Waals surface area contributed by atoms with Gasteiger partial charge in [-0.3, -0.25) is 0 Å². The van der Waals surface area contributed by atoms with Gasteiger partial charge in [-0.15, -0.1) is 0 Å². The Morgan fingerprint density at radius 3 is 2.40 bits per heavy atom. The van der Waals surface area contributed by atoms with Gasteiger partial charge in [0.25, 0.3) is 0 Å². The Morgan fingerprint density at radius 1 is 1.15 bits per heavy atom. The summed E-state index contributed by atoms with van der Waals surface area (Å²) in [6.45, 7) is 1.90. The third-order valence-corrected chi connectivity index (χ3v) is 3.09. The van der Waals surface area contributed by atoms with Gasteiger partial charge in [-0.05, 0) is 48.4 Å². The molecule has 2 aromatic rings. The first-order valence-electron chi connectivity index (χ1n) is 5.94. The molecule has 0 aliphatic carbocycles. The van der Waals surface area contributed by atoms with Gasteiger partial charge in [0, 0.05) is 10.0 Å². The van der Waals surface area contributed by atoms with E-state index < -0.39 is 11.8 Å².